The fraction of sp³-hybridized carbons (Fsp3) is 0.364. The fourth-order valence-corrected chi connectivity index (χ4v) is 3.20. The minimum atomic E-state index is -0.797. The second-order valence-electron chi connectivity index (χ2n) is 7.48. The molecule has 3 N–H and O–H groups in total. The summed E-state index contributed by atoms with van der Waals surface area (Å²) in [5.41, 5.74) is 6.71. The number of carbonyl (C=O) groups excluding carboxylic acids is 2. The topological polar surface area (TPSA) is 119 Å². The van der Waals surface area contributed by atoms with Crippen molar-refractivity contribution in [3.8, 4) is 5.75 Å². The van der Waals surface area contributed by atoms with Crippen molar-refractivity contribution >= 4 is 23.5 Å². The number of nitrogens with two attached hydrogens (primary N) is 1. The molecule has 3 rings (SSSR count). The van der Waals surface area contributed by atoms with Crippen LogP contribution in [0.1, 0.15) is 35.8 Å². The highest BCUT2D eigenvalue weighted by Crippen LogP contribution is 2.34. The van der Waals surface area contributed by atoms with E-state index in [4.69, 9.17) is 15.2 Å². The van der Waals surface area contributed by atoms with Gasteiger partial charge in [0, 0.05) is 32.9 Å². The smallest absolute Gasteiger partial charge is 0.274 e. The number of rotatable bonds is 8. The average Bonchev–Trinajstić information content (AvgIpc) is 2.75. The van der Waals surface area contributed by atoms with E-state index in [9.17, 15) is 9.59 Å². The Balaban J connectivity index is 1.68. The Morgan fingerprint density at radius 2 is 2.10 bits per heavy atom. The molecule has 9 nitrogen and oxygen atoms in total. The van der Waals surface area contributed by atoms with Crippen LogP contribution in [-0.2, 0) is 15.1 Å². The van der Waals surface area contributed by atoms with Crippen molar-refractivity contribution in [3.63, 3.8) is 0 Å². The second-order valence-corrected chi connectivity index (χ2v) is 7.48. The molecule has 1 aromatic heterocycles. The SMILES string of the molecule is COCCCOc1ccc(C(=O)Nc2cccc(C3(C)CC(=O)N(C)C(N)=N3)c2)nc1. The van der Waals surface area contributed by atoms with E-state index < -0.39 is 5.54 Å². The van der Waals surface area contributed by atoms with E-state index in [2.05, 4.69) is 15.3 Å². The summed E-state index contributed by atoms with van der Waals surface area (Å²) in [7, 11) is 3.24. The number of anilines is 1. The zero-order valence-corrected chi connectivity index (χ0v) is 17.9. The number of aromatic nitrogens is 1. The highest BCUT2D eigenvalue weighted by molar-refractivity contribution is 6.03. The summed E-state index contributed by atoms with van der Waals surface area (Å²) >= 11 is 0. The van der Waals surface area contributed by atoms with E-state index in [1.54, 1.807) is 44.5 Å². The first-order chi connectivity index (χ1) is 14.8. The predicted octanol–water partition coefficient (Wildman–Crippen LogP) is 2.14. The number of carbonyl (C=O) groups is 2. The number of methoxy groups -OCH3 is 1. The van der Waals surface area contributed by atoms with Crippen molar-refractivity contribution in [2.45, 2.75) is 25.3 Å². The van der Waals surface area contributed by atoms with Gasteiger partial charge in [0.25, 0.3) is 5.91 Å². The van der Waals surface area contributed by atoms with Gasteiger partial charge < -0.3 is 20.5 Å². The molecule has 0 radical (unpaired) electrons. The molecule has 1 aliphatic rings. The molecule has 164 valence electrons. The van der Waals surface area contributed by atoms with E-state index in [-0.39, 0.29) is 29.9 Å². The molecule has 1 aliphatic heterocycles. The number of nitrogens with zero attached hydrogens (tertiary/aromatic N) is 3. The molecule has 1 aromatic carbocycles. The minimum absolute atomic E-state index is 0.113. The lowest BCUT2D eigenvalue weighted by Crippen LogP contribution is -2.47. The third kappa shape index (κ3) is 5.37. The lowest BCUT2D eigenvalue weighted by Gasteiger charge is -2.33. The molecule has 0 saturated carbocycles. The minimum Gasteiger partial charge on any atom is -0.492 e. The lowest BCUT2D eigenvalue weighted by atomic mass is 9.87. The summed E-state index contributed by atoms with van der Waals surface area (Å²) in [5.74, 6) is 0.292. The number of benzene rings is 1. The van der Waals surface area contributed by atoms with Gasteiger partial charge in [-0.2, -0.15) is 0 Å². The van der Waals surface area contributed by atoms with Crippen molar-refractivity contribution in [1.82, 2.24) is 9.88 Å². The third-order valence-electron chi connectivity index (χ3n) is 5.05. The van der Waals surface area contributed by atoms with Crippen LogP contribution >= 0.6 is 0 Å². The fourth-order valence-electron chi connectivity index (χ4n) is 3.20. The van der Waals surface area contributed by atoms with E-state index in [0.29, 0.717) is 24.7 Å². The predicted molar refractivity (Wildman–Crippen MR) is 117 cm³/mol. The van der Waals surface area contributed by atoms with Gasteiger partial charge in [-0.3, -0.25) is 14.5 Å². The van der Waals surface area contributed by atoms with Crippen molar-refractivity contribution in [2.75, 3.05) is 32.7 Å². The van der Waals surface area contributed by atoms with Gasteiger partial charge in [0.15, 0.2) is 5.96 Å². The number of hydrogen-bond acceptors (Lipinski definition) is 7. The molecule has 0 spiro atoms. The molecule has 0 bridgehead atoms. The molecule has 1 atom stereocenters. The van der Waals surface area contributed by atoms with Gasteiger partial charge in [0.1, 0.15) is 11.4 Å². The van der Waals surface area contributed by atoms with Crippen LogP contribution in [0, 0.1) is 0 Å². The number of aliphatic imine (C=N–C) groups is 1. The van der Waals surface area contributed by atoms with Crippen molar-refractivity contribution in [3.05, 3.63) is 53.9 Å². The van der Waals surface area contributed by atoms with E-state index in [1.165, 1.54) is 11.1 Å². The molecular formula is C22H27N5O4. The molecule has 0 aliphatic carbocycles. The van der Waals surface area contributed by atoms with Crippen molar-refractivity contribution in [1.29, 1.82) is 0 Å². The van der Waals surface area contributed by atoms with Gasteiger partial charge in [-0.15, -0.1) is 0 Å². The van der Waals surface area contributed by atoms with Crippen LogP contribution in [-0.4, -0.2) is 55.0 Å². The molecule has 2 heterocycles. The summed E-state index contributed by atoms with van der Waals surface area (Å²) in [4.78, 5) is 34.8. The Morgan fingerprint density at radius 1 is 1.29 bits per heavy atom. The zero-order chi connectivity index (χ0) is 22.4. The first kappa shape index (κ1) is 22.2. The van der Waals surface area contributed by atoms with Gasteiger partial charge in [0.2, 0.25) is 5.91 Å². The van der Waals surface area contributed by atoms with Crippen LogP contribution in [0.15, 0.2) is 47.6 Å². The summed E-state index contributed by atoms with van der Waals surface area (Å²) in [6.07, 6.45) is 2.47. The third-order valence-corrected chi connectivity index (χ3v) is 5.05. The first-order valence-corrected chi connectivity index (χ1v) is 9.94. The summed E-state index contributed by atoms with van der Waals surface area (Å²) in [6, 6.07) is 10.5. The molecule has 2 amide bonds. The molecule has 2 aromatic rings. The first-order valence-electron chi connectivity index (χ1n) is 9.94. The highest BCUT2D eigenvalue weighted by Gasteiger charge is 2.36. The van der Waals surface area contributed by atoms with E-state index in [1.807, 2.05) is 13.0 Å². The van der Waals surface area contributed by atoms with Gasteiger partial charge in [-0.05, 0) is 36.8 Å². The van der Waals surface area contributed by atoms with Gasteiger partial charge in [-0.25, -0.2) is 9.98 Å². The van der Waals surface area contributed by atoms with Gasteiger partial charge >= 0.3 is 0 Å². The Kier molecular flexibility index (Phi) is 6.86. The Bertz CT molecular complexity index is 976. The number of ether oxygens (including phenoxy) is 2. The van der Waals surface area contributed by atoms with E-state index in [0.717, 1.165) is 12.0 Å². The number of pyridine rings is 1. The average molecular weight is 425 g/mol. The number of amides is 2. The van der Waals surface area contributed by atoms with Crippen LogP contribution in [0.25, 0.3) is 0 Å². The molecule has 9 heteroatoms. The van der Waals surface area contributed by atoms with Crippen molar-refractivity contribution in [2.24, 2.45) is 10.7 Å². The van der Waals surface area contributed by atoms with Gasteiger partial charge in [0.05, 0.1) is 24.8 Å². The quantitative estimate of drug-likeness (QED) is 0.626. The Hall–Kier alpha value is -3.46. The van der Waals surface area contributed by atoms with Crippen molar-refractivity contribution < 1.29 is 19.1 Å². The van der Waals surface area contributed by atoms with Crippen LogP contribution < -0.4 is 15.8 Å². The maximum absolute atomic E-state index is 12.6. The van der Waals surface area contributed by atoms with Gasteiger partial charge in [-0.1, -0.05) is 12.1 Å². The summed E-state index contributed by atoms with van der Waals surface area (Å²) in [6.45, 7) is 2.98. The molecule has 1 unspecified atom stereocenters. The highest BCUT2D eigenvalue weighted by atomic mass is 16.5. The molecule has 0 fully saturated rings. The van der Waals surface area contributed by atoms with Crippen LogP contribution in [0.4, 0.5) is 5.69 Å². The number of guanidine groups is 1. The Labute approximate surface area is 181 Å². The van der Waals surface area contributed by atoms with Crippen LogP contribution in [0.3, 0.4) is 0 Å². The number of nitrogens with one attached hydrogen (secondary N) is 1. The van der Waals surface area contributed by atoms with E-state index >= 15 is 0 Å². The number of hydrogen-bond donors (Lipinski definition) is 2. The summed E-state index contributed by atoms with van der Waals surface area (Å²) < 4.78 is 10.5. The monoisotopic (exact) mass is 425 g/mol. The normalized spacial score (nSPS) is 18.5. The molecule has 31 heavy (non-hydrogen) atoms. The Morgan fingerprint density at radius 3 is 2.77 bits per heavy atom. The molecule has 0 saturated heterocycles. The maximum Gasteiger partial charge on any atom is 0.274 e. The van der Waals surface area contributed by atoms with Crippen LogP contribution in [0.5, 0.6) is 5.75 Å². The lowest BCUT2D eigenvalue weighted by molar-refractivity contribution is -0.128. The second kappa shape index (κ2) is 9.57. The van der Waals surface area contributed by atoms with Crippen LogP contribution in [0.2, 0.25) is 0 Å². The maximum atomic E-state index is 12.6. The zero-order valence-electron chi connectivity index (χ0n) is 17.9. The largest absolute Gasteiger partial charge is 0.492 e. The molecular weight excluding hydrogens is 398 g/mol. The standard InChI is InChI=1S/C22H27N5O4/c1-22(13-19(28)27(2)21(23)26-22)15-6-4-7-16(12-15)25-20(29)18-9-8-17(14-24-18)31-11-5-10-30-3/h4,6-9,12,14H,5,10-11,13H2,1-3H3,(H2,23,26)(H,25,29). The summed E-state index contributed by atoms with van der Waals surface area (Å²) in [5, 5.41) is 2.83.